The van der Waals surface area contributed by atoms with Gasteiger partial charge in [-0.15, -0.1) is 0 Å². The Bertz CT molecular complexity index is 396. The van der Waals surface area contributed by atoms with Gasteiger partial charge in [0.05, 0.1) is 6.10 Å². The summed E-state index contributed by atoms with van der Waals surface area (Å²) >= 11 is 0. The number of halogens is 3. The molecule has 0 aliphatic rings. The SMILES string of the molecule is CC(C)Oc1cccnc1N(CCN)CC(F)(F)F. The Labute approximate surface area is 110 Å². The minimum Gasteiger partial charge on any atom is -0.487 e. The first-order chi connectivity index (χ1) is 8.83. The van der Waals surface area contributed by atoms with Gasteiger partial charge in [-0.3, -0.25) is 0 Å². The predicted octanol–water partition coefficient (Wildman–Crippen LogP) is 2.20. The summed E-state index contributed by atoms with van der Waals surface area (Å²) in [6, 6.07) is 3.22. The van der Waals surface area contributed by atoms with Gasteiger partial charge in [0.25, 0.3) is 0 Å². The molecule has 0 atom stereocenters. The van der Waals surface area contributed by atoms with Gasteiger partial charge in [-0.2, -0.15) is 13.2 Å². The number of nitrogens with two attached hydrogens (primary N) is 1. The van der Waals surface area contributed by atoms with Crippen LogP contribution in [0.4, 0.5) is 19.0 Å². The highest BCUT2D eigenvalue weighted by molar-refractivity contribution is 5.52. The zero-order valence-corrected chi connectivity index (χ0v) is 10.9. The molecule has 1 rings (SSSR count). The topological polar surface area (TPSA) is 51.4 Å². The van der Waals surface area contributed by atoms with Gasteiger partial charge in [0.1, 0.15) is 6.54 Å². The molecule has 4 nitrogen and oxygen atoms in total. The molecule has 1 heterocycles. The molecule has 0 saturated heterocycles. The van der Waals surface area contributed by atoms with Crippen molar-refractivity contribution >= 4 is 5.82 Å². The number of hydrogen-bond acceptors (Lipinski definition) is 4. The van der Waals surface area contributed by atoms with E-state index in [0.717, 1.165) is 4.90 Å². The van der Waals surface area contributed by atoms with Gasteiger partial charge in [0.15, 0.2) is 11.6 Å². The summed E-state index contributed by atoms with van der Waals surface area (Å²) in [6.07, 6.45) is -3.03. The Morgan fingerprint density at radius 1 is 1.42 bits per heavy atom. The van der Waals surface area contributed by atoms with Crippen LogP contribution in [0.3, 0.4) is 0 Å². The van der Waals surface area contributed by atoms with Crippen LogP contribution in [0.5, 0.6) is 5.75 Å². The van der Waals surface area contributed by atoms with E-state index in [0.29, 0.717) is 5.75 Å². The summed E-state index contributed by atoms with van der Waals surface area (Å²) in [5, 5.41) is 0. The van der Waals surface area contributed by atoms with Gasteiger partial charge < -0.3 is 15.4 Å². The molecule has 0 spiro atoms. The molecule has 0 saturated carbocycles. The maximum Gasteiger partial charge on any atom is 0.405 e. The van der Waals surface area contributed by atoms with E-state index >= 15 is 0 Å². The van der Waals surface area contributed by atoms with Gasteiger partial charge in [0, 0.05) is 19.3 Å². The summed E-state index contributed by atoms with van der Waals surface area (Å²) in [6.45, 7) is 2.66. The van der Waals surface area contributed by atoms with Crippen molar-refractivity contribution in [1.82, 2.24) is 4.98 Å². The Morgan fingerprint density at radius 2 is 2.11 bits per heavy atom. The van der Waals surface area contributed by atoms with Gasteiger partial charge in [-0.25, -0.2) is 4.98 Å². The molecule has 108 valence electrons. The summed E-state index contributed by atoms with van der Waals surface area (Å²) in [4.78, 5) is 5.06. The van der Waals surface area contributed by atoms with E-state index < -0.39 is 12.7 Å². The third-order valence-corrected chi connectivity index (χ3v) is 2.18. The van der Waals surface area contributed by atoms with Crippen LogP contribution in [0.15, 0.2) is 18.3 Å². The zero-order valence-electron chi connectivity index (χ0n) is 10.9. The molecular weight excluding hydrogens is 259 g/mol. The van der Waals surface area contributed by atoms with Crippen molar-refractivity contribution in [3.63, 3.8) is 0 Å². The van der Waals surface area contributed by atoms with E-state index in [1.54, 1.807) is 26.0 Å². The number of hydrogen-bond donors (Lipinski definition) is 1. The Balaban J connectivity index is 3.00. The molecule has 0 bridgehead atoms. The van der Waals surface area contributed by atoms with E-state index in [-0.39, 0.29) is 25.0 Å². The Morgan fingerprint density at radius 3 is 2.63 bits per heavy atom. The number of nitrogens with zero attached hydrogens (tertiary/aromatic N) is 2. The average Bonchev–Trinajstić information content (AvgIpc) is 2.26. The first-order valence-electron chi connectivity index (χ1n) is 5.97. The second kappa shape index (κ2) is 6.60. The maximum absolute atomic E-state index is 12.6. The van der Waals surface area contributed by atoms with Gasteiger partial charge in [0.2, 0.25) is 0 Å². The minimum atomic E-state index is -4.32. The fraction of sp³-hybridized carbons (Fsp3) is 0.583. The smallest absolute Gasteiger partial charge is 0.405 e. The van der Waals surface area contributed by atoms with E-state index in [9.17, 15) is 13.2 Å². The summed E-state index contributed by atoms with van der Waals surface area (Å²) in [5.74, 6) is 0.495. The van der Waals surface area contributed by atoms with Crippen molar-refractivity contribution < 1.29 is 17.9 Å². The molecule has 1 aromatic rings. The highest BCUT2D eigenvalue weighted by atomic mass is 19.4. The fourth-order valence-corrected chi connectivity index (χ4v) is 1.60. The highest BCUT2D eigenvalue weighted by Gasteiger charge is 2.32. The lowest BCUT2D eigenvalue weighted by molar-refractivity contribution is -0.119. The third-order valence-electron chi connectivity index (χ3n) is 2.18. The maximum atomic E-state index is 12.6. The molecule has 0 amide bonds. The molecule has 0 radical (unpaired) electrons. The fourth-order valence-electron chi connectivity index (χ4n) is 1.60. The third kappa shape index (κ3) is 5.34. The first kappa shape index (κ1) is 15.6. The van der Waals surface area contributed by atoms with E-state index in [1.807, 2.05) is 0 Å². The van der Waals surface area contributed by atoms with E-state index in [2.05, 4.69) is 4.98 Å². The van der Waals surface area contributed by atoms with Crippen molar-refractivity contribution in [2.24, 2.45) is 5.73 Å². The van der Waals surface area contributed by atoms with E-state index in [4.69, 9.17) is 10.5 Å². The Kier molecular flexibility index (Phi) is 5.41. The van der Waals surface area contributed by atoms with E-state index in [1.165, 1.54) is 6.20 Å². The lowest BCUT2D eigenvalue weighted by Gasteiger charge is -2.26. The van der Waals surface area contributed by atoms with Crippen molar-refractivity contribution in [3.8, 4) is 5.75 Å². The van der Waals surface area contributed by atoms with Crippen molar-refractivity contribution in [1.29, 1.82) is 0 Å². The predicted molar refractivity (Wildman–Crippen MR) is 67.3 cm³/mol. The van der Waals surface area contributed by atoms with Gasteiger partial charge >= 0.3 is 6.18 Å². The lowest BCUT2D eigenvalue weighted by Crippen LogP contribution is -2.38. The van der Waals surface area contributed by atoms with Crippen LogP contribution in [0.1, 0.15) is 13.8 Å². The molecule has 7 heteroatoms. The number of ether oxygens (including phenoxy) is 1. The minimum absolute atomic E-state index is 0.0605. The van der Waals surface area contributed by atoms with Crippen LogP contribution in [0.2, 0.25) is 0 Å². The van der Waals surface area contributed by atoms with Crippen LogP contribution < -0.4 is 15.4 Å². The highest BCUT2D eigenvalue weighted by Crippen LogP contribution is 2.28. The van der Waals surface area contributed by atoms with Gasteiger partial charge in [-0.1, -0.05) is 0 Å². The Hall–Kier alpha value is -1.50. The normalized spacial score (nSPS) is 11.7. The monoisotopic (exact) mass is 277 g/mol. The average molecular weight is 277 g/mol. The number of rotatable bonds is 6. The second-order valence-electron chi connectivity index (χ2n) is 4.32. The van der Waals surface area contributed by atoms with Crippen LogP contribution in [0, 0.1) is 0 Å². The van der Waals surface area contributed by atoms with Crippen molar-refractivity contribution in [3.05, 3.63) is 18.3 Å². The molecule has 2 N–H and O–H groups in total. The second-order valence-corrected chi connectivity index (χ2v) is 4.32. The standard InChI is InChI=1S/C12H18F3N3O/c1-9(2)19-10-4-3-6-17-11(10)18(7-5-16)8-12(13,14)15/h3-4,6,9H,5,7-8,16H2,1-2H3. The molecule has 0 unspecified atom stereocenters. The van der Waals surface area contributed by atoms with Crippen LogP contribution in [0.25, 0.3) is 0 Å². The molecule has 0 fully saturated rings. The summed E-state index contributed by atoms with van der Waals surface area (Å²) in [7, 11) is 0. The summed E-state index contributed by atoms with van der Waals surface area (Å²) in [5.41, 5.74) is 5.36. The summed E-state index contributed by atoms with van der Waals surface area (Å²) < 4.78 is 43.1. The lowest BCUT2D eigenvalue weighted by atomic mass is 10.3. The molecule has 1 aromatic heterocycles. The largest absolute Gasteiger partial charge is 0.487 e. The van der Waals surface area contributed by atoms with Crippen LogP contribution in [-0.4, -0.2) is 36.9 Å². The van der Waals surface area contributed by atoms with Crippen LogP contribution >= 0.6 is 0 Å². The number of anilines is 1. The molecule has 0 aliphatic carbocycles. The number of alkyl halides is 3. The molecular formula is C12H18F3N3O. The molecule has 19 heavy (non-hydrogen) atoms. The quantitative estimate of drug-likeness (QED) is 0.866. The van der Waals surface area contributed by atoms with Gasteiger partial charge in [-0.05, 0) is 26.0 Å². The number of aromatic nitrogens is 1. The zero-order chi connectivity index (χ0) is 14.5. The van der Waals surface area contributed by atoms with Crippen LogP contribution in [-0.2, 0) is 0 Å². The first-order valence-corrected chi connectivity index (χ1v) is 5.97. The molecule has 0 aromatic carbocycles. The number of pyridine rings is 1. The van der Waals surface area contributed by atoms with Crippen molar-refractivity contribution in [2.75, 3.05) is 24.5 Å². The van der Waals surface area contributed by atoms with Crippen molar-refractivity contribution in [2.45, 2.75) is 26.1 Å². The molecule has 0 aliphatic heterocycles.